The summed E-state index contributed by atoms with van der Waals surface area (Å²) in [5, 5.41) is 11.0. The Labute approximate surface area is 101 Å². The van der Waals surface area contributed by atoms with Gasteiger partial charge in [-0.2, -0.15) is 0 Å². The molecule has 17 heavy (non-hydrogen) atoms. The number of hydrogen-bond acceptors (Lipinski definition) is 2. The van der Waals surface area contributed by atoms with Gasteiger partial charge in [-0.15, -0.1) is 0 Å². The average molecular weight is 226 g/mol. The summed E-state index contributed by atoms with van der Waals surface area (Å²) in [6.07, 6.45) is 0. The number of anilines is 1. The second kappa shape index (κ2) is 5.16. The number of methoxy groups -OCH3 is 1. The number of nitrogens with one attached hydrogen (secondary N) is 2. The van der Waals surface area contributed by atoms with E-state index >= 15 is 0 Å². The summed E-state index contributed by atoms with van der Waals surface area (Å²) >= 11 is 0. The van der Waals surface area contributed by atoms with Crippen molar-refractivity contribution in [1.29, 1.82) is 5.41 Å². The quantitative estimate of drug-likeness (QED) is 0.624. The van der Waals surface area contributed by atoms with Gasteiger partial charge < -0.3 is 10.1 Å². The summed E-state index contributed by atoms with van der Waals surface area (Å²) in [6, 6.07) is 17.1. The Hall–Kier alpha value is -2.29. The van der Waals surface area contributed by atoms with Crippen LogP contribution in [0.2, 0.25) is 0 Å². The highest BCUT2D eigenvalue weighted by Crippen LogP contribution is 2.17. The molecule has 2 aromatic carbocycles. The summed E-state index contributed by atoms with van der Waals surface area (Å²) in [4.78, 5) is 0. The molecule has 3 nitrogen and oxygen atoms in total. The molecule has 0 aromatic heterocycles. The molecule has 2 aromatic rings. The van der Waals surface area contributed by atoms with E-state index in [2.05, 4.69) is 5.32 Å². The lowest BCUT2D eigenvalue weighted by Gasteiger charge is -2.09. The highest BCUT2D eigenvalue weighted by molar-refractivity contribution is 6.06. The fourth-order valence-corrected chi connectivity index (χ4v) is 1.52. The zero-order valence-electron chi connectivity index (χ0n) is 9.60. The van der Waals surface area contributed by atoms with E-state index < -0.39 is 0 Å². The Morgan fingerprint density at radius 2 is 1.82 bits per heavy atom. The number of ether oxygens (including phenoxy) is 1. The Morgan fingerprint density at radius 1 is 1.06 bits per heavy atom. The molecule has 0 aliphatic rings. The van der Waals surface area contributed by atoms with Gasteiger partial charge in [0.15, 0.2) is 0 Å². The second-order valence-electron chi connectivity index (χ2n) is 3.60. The summed E-state index contributed by atoms with van der Waals surface area (Å²) in [7, 11) is 1.63. The zero-order chi connectivity index (χ0) is 12.1. The van der Waals surface area contributed by atoms with Gasteiger partial charge >= 0.3 is 0 Å². The monoisotopic (exact) mass is 226 g/mol. The SMILES string of the molecule is COc1cccc(NC(=N)c2ccccc2)c1. The minimum absolute atomic E-state index is 0.374. The van der Waals surface area contributed by atoms with Crippen molar-refractivity contribution in [3.8, 4) is 5.75 Å². The van der Waals surface area contributed by atoms with E-state index in [4.69, 9.17) is 10.1 Å². The van der Waals surface area contributed by atoms with Gasteiger partial charge in [-0.25, -0.2) is 0 Å². The normalized spacial score (nSPS) is 9.71. The third-order valence-corrected chi connectivity index (χ3v) is 2.40. The van der Waals surface area contributed by atoms with Crippen molar-refractivity contribution in [2.24, 2.45) is 0 Å². The summed E-state index contributed by atoms with van der Waals surface area (Å²) < 4.78 is 5.13. The molecule has 0 atom stereocenters. The average Bonchev–Trinajstić information content (AvgIpc) is 2.40. The minimum atomic E-state index is 0.374. The molecule has 2 rings (SSSR count). The van der Waals surface area contributed by atoms with Crippen molar-refractivity contribution in [1.82, 2.24) is 0 Å². The lowest BCUT2D eigenvalue weighted by Crippen LogP contribution is -2.11. The highest BCUT2D eigenvalue weighted by atomic mass is 16.5. The molecule has 86 valence electrons. The van der Waals surface area contributed by atoms with Gasteiger partial charge in [0.2, 0.25) is 0 Å². The van der Waals surface area contributed by atoms with Crippen LogP contribution in [0.3, 0.4) is 0 Å². The number of rotatable bonds is 3. The van der Waals surface area contributed by atoms with Gasteiger partial charge in [0, 0.05) is 17.3 Å². The van der Waals surface area contributed by atoms with E-state index in [1.165, 1.54) is 0 Å². The first kappa shape index (κ1) is 11.2. The largest absolute Gasteiger partial charge is 0.497 e. The standard InChI is InChI=1S/C14H14N2O/c1-17-13-9-5-8-12(10-13)16-14(15)11-6-3-2-4-7-11/h2-10H,1H3,(H2,15,16). The van der Waals surface area contributed by atoms with Crippen LogP contribution in [0.25, 0.3) is 0 Å². The van der Waals surface area contributed by atoms with Crippen molar-refractivity contribution in [3.05, 3.63) is 60.2 Å². The predicted octanol–water partition coefficient (Wildman–Crippen LogP) is 3.13. The smallest absolute Gasteiger partial charge is 0.129 e. The third-order valence-electron chi connectivity index (χ3n) is 2.40. The maximum absolute atomic E-state index is 7.94. The molecule has 0 saturated heterocycles. The molecular weight excluding hydrogens is 212 g/mol. The van der Waals surface area contributed by atoms with Gasteiger partial charge in [-0.1, -0.05) is 36.4 Å². The van der Waals surface area contributed by atoms with E-state index in [9.17, 15) is 0 Å². The predicted molar refractivity (Wildman–Crippen MR) is 69.9 cm³/mol. The highest BCUT2D eigenvalue weighted by Gasteiger charge is 2.01. The summed E-state index contributed by atoms with van der Waals surface area (Å²) in [5.74, 6) is 1.15. The van der Waals surface area contributed by atoms with E-state index in [1.807, 2.05) is 54.6 Å². The Kier molecular flexibility index (Phi) is 3.40. The molecule has 0 aliphatic heterocycles. The molecule has 3 heteroatoms. The summed E-state index contributed by atoms with van der Waals surface area (Å²) in [6.45, 7) is 0. The first-order valence-electron chi connectivity index (χ1n) is 5.34. The minimum Gasteiger partial charge on any atom is -0.497 e. The van der Waals surface area contributed by atoms with Gasteiger partial charge in [0.1, 0.15) is 11.6 Å². The summed E-state index contributed by atoms with van der Waals surface area (Å²) in [5.41, 5.74) is 1.70. The molecule has 0 amide bonds. The van der Waals surface area contributed by atoms with Crippen LogP contribution in [-0.4, -0.2) is 12.9 Å². The van der Waals surface area contributed by atoms with Gasteiger partial charge in [0.05, 0.1) is 7.11 Å². The Morgan fingerprint density at radius 3 is 2.53 bits per heavy atom. The van der Waals surface area contributed by atoms with E-state index in [1.54, 1.807) is 7.11 Å². The van der Waals surface area contributed by atoms with E-state index in [0.717, 1.165) is 17.0 Å². The van der Waals surface area contributed by atoms with Crippen LogP contribution < -0.4 is 10.1 Å². The van der Waals surface area contributed by atoms with E-state index in [0.29, 0.717) is 5.84 Å². The third kappa shape index (κ3) is 2.84. The maximum atomic E-state index is 7.94. The topological polar surface area (TPSA) is 45.1 Å². The number of benzene rings is 2. The molecule has 0 heterocycles. The molecule has 0 unspecified atom stereocenters. The molecule has 0 spiro atoms. The Bertz CT molecular complexity index is 509. The van der Waals surface area contributed by atoms with Crippen LogP contribution in [-0.2, 0) is 0 Å². The number of hydrogen-bond donors (Lipinski definition) is 2. The first-order valence-corrected chi connectivity index (χ1v) is 5.34. The van der Waals surface area contributed by atoms with Crippen molar-refractivity contribution in [2.45, 2.75) is 0 Å². The fourth-order valence-electron chi connectivity index (χ4n) is 1.52. The van der Waals surface area contributed by atoms with Crippen molar-refractivity contribution in [2.75, 3.05) is 12.4 Å². The fraction of sp³-hybridized carbons (Fsp3) is 0.0714. The molecular formula is C14H14N2O. The van der Waals surface area contributed by atoms with Crippen LogP contribution in [0, 0.1) is 5.41 Å². The molecule has 0 bridgehead atoms. The maximum Gasteiger partial charge on any atom is 0.129 e. The van der Waals surface area contributed by atoms with Crippen molar-refractivity contribution < 1.29 is 4.74 Å². The van der Waals surface area contributed by atoms with Crippen LogP contribution in [0.5, 0.6) is 5.75 Å². The van der Waals surface area contributed by atoms with Gasteiger partial charge in [0.25, 0.3) is 0 Å². The van der Waals surface area contributed by atoms with Crippen LogP contribution >= 0.6 is 0 Å². The molecule has 0 fully saturated rings. The van der Waals surface area contributed by atoms with Crippen molar-refractivity contribution >= 4 is 11.5 Å². The second-order valence-corrected chi connectivity index (χ2v) is 3.60. The lowest BCUT2D eigenvalue weighted by molar-refractivity contribution is 0.415. The van der Waals surface area contributed by atoms with Crippen LogP contribution in [0.15, 0.2) is 54.6 Å². The Balaban J connectivity index is 2.13. The van der Waals surface area contributed by atoms with Gasteiger partial charge in [-0.05, 0) is 12.1 Å². The molecule has 0 radical (unpaired) electrons. The van der Waals surface area contributed by atoms with Crippen molar-refractivity contribution in [3.63, 3.8) is 0 Å². The van der Waals surface area contributed by atoms with Crippen LogP contribution in [0.1, 0.15) is 5.56 Å². The van der Waals surface area contributed by atoms with Gasteiger partial charge in [-0.3, -0.25) is 5.41 Å². The zero-order valence-corrected chi connectivity index (χ0v) is 9.60. The number of amidine groups is 1. The first-order chi connectivity index (χ1) is 8.29. The molecule has 2 N–H and O–H groups in total. The lowest BCUT2D eigenvalue weighted by atomic mass is 10.2. The molecule has 0 saturated carbocycles. The van der Waals surface area contributed by atoms with Crippen LogP contribution in [0.4, 0.5) is 5.69 Å². The van der Waals surface area contributed by atoms with E-state index in [-0.39, 0.29) is 0 Å². The molecule has 0 aliphatic carbocycles.